The van der Waals surface area contributed by atoms with Crippen molar-refractivity contribution in [3.63, 3.8) is 0 Å². The zero-order valence-corrected chi connectivity index (χ0v) is 19.0. The number of aromatic nitrogens is 2. The second-order valence-corrected chi connectivity index (χ2v) is 9.30. The van der Waals surface area contributed by atoms with Crippen LogP contribution in [-0.2, 0) is 10.0 Å². The van der Waals surface area contributed by atoms with Crippen LogP contribution in [-0.4, -0.2) is 57.3 Å². The molecule has 0 unspecified atom stereocenters. The van der Waals surface area contributed by atoms with Crippen LogP contribution in [0.4, 0.5) is 0 Å². The lowest BCUT2D eigenvalue weighted by Gasteiger charge is -2.30. The monoisotopic (exact) mass is 459 g/mol. The van der Waals surface area contributed by atoms with Gasteiger partial charge >= 0.3 is 0 Å². The highest BCUT2D eigenvalue weighted by molar-refractivity contribution is 7.89. The van der Waals surface area contributed by atoms with Crippen molar-refractivity contribution >= 4 is 10.0 Å². The van der Waals surface area contributed by atoms with E-state index in [1.165, 1.54) is 30.7 Å². The Hall–Kier alpha value is -3.11. The zero-order valence-electron chi connectivity index (χ0n) is 18.1. The van der Waals surface area contributed by atoms with Crippen molar-refractivity contribution in [2.75, 3.05) is 34.4 Å². The van der Waals surface area contributed by atoms with Gasteiger partial charge in [-0.15, -0.1) is 10.2 Å². The van der Waals surface area contributed by atoms with Crippen LogP contribution in [0.2, 0.25) is 0 Å². The summed E-state index contributed by atoms with van der Waals surface area (Å²) in [6.45, 7) is 0.672. The van der Waals surface area contributed by atoms with E-state index < -0.39 is 10.0 Å². The second kappa shape index (κ2) is 9.17. The molecule has 0 radical (unpaired) electrons. The number of ether oxygens (including phenoxy) is 3. The summed E-state index contributed by atoms with van der Waals surface area (Å²) in [5.74, 6) is 2.02. The van der Waals surface area contributed by atoms with Crippen molar-refractivity contribution in [2.45, 2.75) is 23.7 Å². The smallest absolute Gasteiger partial charge is 0.251 e. The minimum absolute atomic E-state index is 0.149. The van der Waals surface area contributed by atoms with Crippen molar-refractivity contribution in [2.24, 2.45) is 0 Å². The molecular weight excluding hydrogens is 434 g/mol. The van der Waals surface area contributed by atoms with Crippen LogP contribution in [0.3, 0.4) is 0 Å². The fourth-order valence-electron chi connectivity index (χ4n) is 3.82. The van der Waals surface area contributed by atoms with Gasteiger partial charge in [0.15, 0.2) is 11.5 Å². The SMILES string of the molecule is COc1ccc(S(=O)(=O)N2CCC[C@@H](c3nnc(-c4ccccc4OC)o3)C2)cc1OC. The van der Waals surface area contributed by atoms with E-state index in [1.54, 1.807) is 13.2 Å². The zero-order chi connectivity index (χ0) is 22.7. The Morgan fingerprint density at radius 1 is 0.969 bits per heavy atom. The summed E-state index contributed by atoms with van der Waals surface area (Å²) in [4.78, 5) is 0.149. The van der Waals surface area contributed by atoms with Gasteiger partial charge in [0.25, 0.3) is 5.89 Å². The Morgan fingerprint density at radius 3 is 2.47 bits per heavy atom. The van der Waals surface area contributed by atoms with Crippen LogP contribution < -0.4 is 14.2 Å². The molecule has 0 amide bonds. The predicted molar refractivity (Wildman–Crippen MR) is 117 cm³/mol. The van der Waals surface area contributed by atoms with Crippen LogP contribution in [0.5, 0.6) is 17.2 Å². The minimum Gasteiger partial charge on any atom is -0.496 e. The first-order chi connectivity index (χ1) is 15.5. The number of sulfonamides is 1. The van der Waals surface area contributed by atoms with Gasteiger partial charge in [-0.1, -0.05) is 12.1 Å². The molecule has 0 saturated carbocycles. The second-order valence-electron chi connectivity index (χ2n) is 7.36. The summed E-state index contributed by atoms with van der Waals surface area (Å²) in [5.41, 5.74) is 0.694. The van der Waals surface area contributed by atoms with Crippen molar-refractivity contribution in [1.29, 1.82) is 0 Å². The molecule has 1 saturated heterocycles. The third-order valence-corrected chi connectivity index (χ3v) is 7.37. The fraction of sp³-hybridized carbons (Fsp3) is 0.364. The molecule has 32 heavy (non-hydrogen) atoms. The maximum absolute atomic E-state index is 13.3. The van der Waals surface area contributed by atoms with E-state index in [4.69, 9.17) is 18.6 Å². The summed E-state index contributed by atoms with van der Waals surface area (Å²) in [6.07, 6.45) is 1.44. The molecule has 1 atom stereocenters. The number of piperidine rings is 1. The standard InChI is InChI=1S/C22H25N3O6S/c1-28-18-9-5-4-8-17(18)22-24-23-21(31-22)15-7-6-12-25(14-15)32(26,27)16-10-11-19(29-2)20(13-16)30-3/h4-5,8-11,13,15H,6-7,12,14H2,1-3H3/t15-/m1/s1. The molecule has 0 bridgehead atoms. The number of benzene rings is 2. The largest absolute Gasteiger partial charge is 0.496 e. The topological polar surface area (TPSA) is 104 Å². The highest BCUT2D eigenvalue weighted by Crippen LogP contribution is 2.35. The molecule has 0 N–H and O–H groups in total. The Bertz CT molecular complexity index is 1190. The van der Waals surface area contributed by atoms with Crippen LogP contribution in [0.25, 0.3) is 11.5 Å². The van der Waals surface area contributed by atoms with E-state index in [2.05, 4.69) is 10.2 Å². The predicted octanol–water partition coefficient (Wildman–Crippen LogP) is 3.33. The lowest BCUT2D eigenvalue weighted by molar-refractivity contribution is 0.286. The van der Waals surface area contributed by atoms with Crippen molar-refractivity contribution in [1.82, 2.24) is 14.5 Å². The van der Waals surface area contributed by atoms with Gasteiger partial charge in [0.2, 0.25) is 15.9 Å². The molecule has 0 aliphatic carbocycles. The van der Waals surface area contributed by atoms with Crippen LogP contribution in [0.15, 0.2) is 51.8 Å². The van der Waals surface area contributed by atoms with Crippen molar-refractivity contribution in [3.05, 3.63) is 48.4 Å². The van der Waals surface area contributed by atoms with Crippen LogP contribution in [0.1, 0.15) is 24.7 Å². The Morgan fingerprint density at radius 2 is 1.72 bits per heavy atom. The normalized spacial score (nSPS) is 17.2. The third kappa shape index (κ3) is 4.15. The van der Waals surface area contributed by atoms with Gasteiger partial charge in [-0.2, -0.15) is 4.31 Å². The van der Waals surface area contributed by atoms with E-state index in [9.17, 15) is 8.42 Å². The fourth-order valence-corrected chi connectivity index (χ4v) is 5.36. The van der Waals surface area contributed by atoms with Gasteiger partial charge in [0.05, 0.1) is 37.7 Å². The first-order valence-corrected chi connectivity index (χ1v) is 11.6. The highest BCUT2D eigenvalue weighted by atomic mass is 32.2. The lowest BCUT2D eigenvalue weighted by Crippen LogP contribution is -2.39. The maximum Gasteiger partial charge on any atom is 0.251 e. The summed E-state index contributed by atoms with van der Waals surface area (Å²) in [6, 6.07) is 12.0. The van der Waals surface area contributed by atoms with E-state index in [-0.39, 0.29) is 17.4 Å². The minimum atomic E-state index is -3.73. The summed E-state index contributed by atoms with van der Waals surface area (Å²) < 4.78 is 49.8. The highest BCUT2D eigenvalue weighted by Gasteiger charge is 2.34. The van der Waals surface area contributed by atoms with Crippen LogP contribution in [0, 0.1) is 0 Å². The molecule has 10 heteroatoms. The maximum atomic E-state index is 13.3. The van der Waals surface area contributed by atoms with Gasteiger partial charge in [-0.3, -0.25) is 0 Å². The molecule has 170 valence electrons. The van der Waals surface area contributed by atoms with Crippen LogP contribution >= 0.6 is 0 Å². The number of hydrogen-bond donors (Lipinski definition) is 0. The van der Waals surface area contributed by atoms with E-state index in [0.29, 0.717) is 47.6 Å². The molecule has 2 aromatic carbocycles. The number of nitrogens with zero attached hydrogens (tertiary/aromatic N) is 3. The Labute approximate surface area is 187 Å². The Balaban J connectivity index is 1.57. The molecule has 1 fully saturated rings. The molecule has 1 aliphatic rings. The first-order valence-electron chi connectivity index (χ1n) is 10.2. The summed E-state index contributed by atoms with van der Waals surface area (Å²) in [7, 11) is 0.826. The molecule has 3 aromatic rings. The molecule has 1 aliphatic heterocycles. The number of hydrogen-bond acceptors (Lipinski definition) is 8. The summed E-state index contributed by atoms with van der Waals surface area (Å²) in [5, 5.41) is 8.36. The lowest BCUT2D eigenvalue weighted by atomic mass is 10.00. The molecule has 0 spiro atoms. The average Bonchev–Trinajstić information content (AvgIpc) is 3.33. The first kappa shape index (κ1) is 22.1. The molecule has 4 rings (SSSR count). The number of rotatable bonds is 7. The average molecular weight is 460 g/mol. The number of para-hydroxylation sites is 1. The van der Waals surface area contributed by atoms with E-state index >= 15 is 0 Å². The molecule has 1 aromatic heterocycles. The van der Waals surface area contributed by atoms with Crippen molar-refractivity contribution in [3.8, 4) is 28.7 Å². The summed E-state index contributed by atoms with van der Waals surface area (Å²) >= 11 is 0. The number of methoxy groups -OCH3 is 3. The molecular formula is C22H25N3O6S. The van der Waals surface area contributed by atoms with Gasteiger partial charge in [-0.25, -0.2) is 8.42 Å². The quantitative estimate of drug-likeness (QED) is 0.530. The molecule has 9 nitrogen and oxygen atoms in total. The van der Waals surface area contributed by atoms with Gasteiger partial charge in [0.1, 0.15) is 5.75 Å². The van der Waals surface area contributed by atoms with E-state index in [1.807, 2.05) is 24.3 Å². The van der Waals surface area contributed by atoms with Crippen molar-refractivity contribution < 1.29 is 27.0 Å². The molecule has 2 heterocycles. The van der Waals surface area contributed by atoms with Gasteiger partial charge in [0, 0.05) is 19.2 Å². The van der Waals surface area contributed by atoms with Gasteiger partial charge in [-0.05, 0) is 37.1 Å². The van der Waals surface area contributed by atoms with E-state index in [0.717, 1.165) is 6.42 Å². The third-order valence-electron chi connectivity index (χ3n) is 5.50. The Kier molecular flexibility index (Phi) is 6.33. The van der Waals surface area contributed by atoms with Gasteiger partial charge < -0.3 is 18.6 Å².